The van der Waals surface area contributed by atoms with Crippen molar-refractivity contribution in [1.29, 1.82) is 5.26 Å². The van der Waals surface area contributed by atoms with Gasteiger partial charge in [0, 0.05) is 6.54 Å². The third kappa shape index (κ3) is 4.40. The van der Waals surface area contributed by atoms with Crippen LogP contribution in [-0.4, -0.2) is 43.4 Å². The number of nitriles is 1. The zero-order valence-corrected chi connectivity index (χ0v) is 11.5. The molecule has 0 bridgehead atoms. The predicted molar refractivity (Wildman–Crippen MR) is 70.7 cm³/mol. The Morgan fingerprint density at radius 2 is 1.61 bits per heavy atom. The van der Waals surface area contributed by atoms with Crippen LogP contribution in [-0.2, 0) is 0 Å². The molecule has 1 saturated heterocycles. The van der Waals surface area contributed by atoms with E-state index in [-0.39, 0.29) is 18.9 Å². The summed E-state index contributed by atoms with van der Waals surface area (Å²) in [4.78, 5) is 1.72. The van der Waals surface area contributed by atoms with Crippen molar-refractivity contribution in [2.45, 2.75) is 46.1 Å². The molecule has 1 heterocycles. The number of hydrogen-bond acceptors (Lipinski definition) is 7. The molecular weight excluding hydrogens is 230 g/mol. The normalized spacial score (nSPS) is 27.8. The molecule has 0 radical (unpaired) electrons. The van der Waals surface area contributed by atoms with Gasteiger partial charge in [0.15, 0.2) is 6.19 Å². The van der Waals surface area contributed by atoms with Crippen molar-refractivity contribution < 1.29 is 0 Å². The van der Waals surface area contributed by atoms with Crippen molar-refractivity contribution in [3.05, 3.63) is 0 Å². The van der Waals surface area contributed by atoms with Crippen molar-refractivity contribution in [2.24, 2.45) is 0 Å². The van der Waals surface area contributed by atoms with Gasteiger partial charge < -0.3 is 0 Å². The zero-order chi connectivity index (χ0) is 13.4. The molecule has 0 aromatic carbocycles. The third-order valence-electron chi connectivity index (χ3n) is 2.70. The molecule has 0 saturated carbocycles. The van der Waals surface area contributed by atoms with Crippen LogP contribution in [0.3, 0.4) is 0 Å². The van der Waals surface area contributed by atoms with Gasteiger partial charge in [0.1, 0.15) is 18.9 Å². The minimum Gasteiger partial charge on any atom is -0.290 e. The lowest BCUT2D eigenvalue weighted by Crippen LogP contribution is -2.77. The molecule has 0 amide bonds. The predicted octanol–water partition coefficient (Wildman–Crippen LogP) is -0.968. The molecule has 0 aromatic heterocycles. The molecule has 2 unspecified atom stereocenters. The summed E-state index contributed by atoms with van der Waals surface area (Å²) in [6.45, 7) is 8.62. The van der Waals surface area contributed by atoms with Crippen molar-refractivity contribution in [3.63, 3.8) is 0 Å². The Bertz CT molecular complexity index is 251. The Morgan fingerprint density at radius 1 is 1.06 bits per heavy atom. The van der Waals surface area contributed by atoms with Crippen molar-refractivity contribution in [2.75, 3.05) is 19.6 Å². The highest BCUT2D eigenvalue weighted by Crippen LogP contribution is 1.99. The van der Waals surface area contributed by atoms with Gasteiger partial charge in [-0.15, -0.1) is 0 Å². The van der Waals surface area contributed by atoms with Crippen molar-refractivity contribution in [1.82, 2.24) is 31.5 Å². The smallest absolute Gasteiger partial charge is 0.181 e. The van der Waals surface area contributed by atoms with Gasteiger partial charge in [-0.25, -0.2) is 0 Å². The van der Waals surface area contributed by atoms with Crippen LogP contribution >= 0.6 is 0 Å². The average molecular weight is 255 g/mol. The van der Waals surface area contributed by atoms with E-state index in [1.165, 1.54) is 0 Å². The number of nitrogens with one attached hydrogen (secondary N) is 5. The maximum Gasteiger partial charge on any atom is 0.181 e. The van der Waals surface area contributed by atoms with Crippen LogP contribution in [0.15, 0.2) is 0 Å². The molecule has 5 N–H and O–H groups in total. The zero-order valence-electron chi connectivity index (χ0n) is 11.5. The standard InChI is InChI=1S/C11H25N7/c1-4-7-18(8-12)11-16-9(13-5-2)15-10(17-11)14-6-3/h9-11,13-17H,4-7H2,1-3H3. The van der Waals surface area contributed by atoms with Crippen molar-refractivity contribution >= 4 is 0 Å². The SMILES string of the molecule is CCCN(C#N)C1NC(NCC)NC(NCC)N1. The molecule has 1 rings (SSSR count). The Labute approximate surface area is 109 Å². The number of nitrogens with zero attached hydrogens (tertiary/aromatic N) is 2. The molecular formula is C11H25N7. The molecule has 7 nitrogen and oxygen atoms in total. The lowest BCUT2D eigenvalue weighted by molar-refractivity contribution is 0.0766. The van der Waals surface area contributed by atoms with Gasteiger partial charge in [-0.05, 0) is 19.5 Å². The Balaban J connectivity index is 2.62. The van der Waals surface area contributed by atoms with Gasteiger partial charge in [-0.1, -0.05) is 20.8 Å². The first-order chi connectivity index (χ1) is 8.74. The maximum atomic E-state index is 9.18. The molecule has 0 aliphatic carbocycles. The molecule has 104 valence electrons. The first kappa shape index (κ1) is 15.1. The summed E-state index contributed by atoms with van der Waals surface area (Å²) in [7, 11) is 0. The Morgan fingerprint density at radius 3 is 2.00 bits per heavy atom. The average Bonchev–Trinajstić information content (AvgIpc) is 2.36. The highest BCUT2D eigenvalue weighted by Gasteiger charge is 2.28. The summed E-state index contributed by atoms with van der Waals surface area (Å²) in [5.74, 6) is 0. The number of hydrogen-bond donors (Lipinski definition) is 5. The maximum absolute atomic E-state index is 9.18. The molecule has 1 aliphatic heterocycles. The highest BCUT2D eigenvalue weighted by atomic mass is 15.5. The van der Waals surface area contributed by atoms with Crippen LogP contribution in [0, 0.1) is 11.5 Å². The first-order valence-corrected chi connectivity index (χ1v) is 6.66. The fourth-order valence-electron chi connectivity index (χ4n) is 1.93. The first-order valence-electron chi connectivity index (χ1n) is 6.66. The minimum atomic E-state index is -0.163. The Hall–Kier alpha value is -0.910. The fraction of sp³-hybridized carbons (Fsp3) is 0.909. The summed E-state index contributed by atoms with van der Waals surface area (Å²) >= 11 is 0. The van der Waals surface area contributed by atoms with E-state index in [2.05, 4.69) is 53.5 Å². The number of rotatable bonds is 7. The lowest BCUT2D eigenvalue weighted by atomic mass is 10.4. The van der Waals surface area contributed by atoms with Crippen LogP contribution in [0.4, 0.5) is 0 Å². The van der Waals surface area contributed by atoms with E-state index in [1.54, 1.807) is 4.90 Å². The second-order valence-electron chi connectivity index (χ2n) is 4.18. The molecule has 1 aliphatic rings. The van der Waals surface area contributed by atoms with E-state index in [4.69, 9.17) is 0 Å². The summed E-state index contributed by atoms with van der Waals surface area (Å²) < 4.78 is 0. The van der Waals surface area contributed by atoms with E-state index in [1.807, 2.05) is 0 Å². The molecule has 2 atom stereocenters. The van der Waals surface area contributed by atoms with E-state index >= 15 is 0 Å². The van der Waals surface area contributed by atoms with Crippen LogP contribution < -0.4 is 26.6 Å². The quantitative estimate of drug-likeness (QED) is 0.296. The fourth-order valence-corrected chi connectivity index (χ4v) is 1.93. The largest absolute Gasteiger partial charge is 0.290 e. The molecule has 1 fully saturated rings. The minimum absolute atomic E-state index is 0.0157. The van der Waals surface area contributed by atoms with E-state index in [9.17, 15) is 5.26 Å². The van der Waals surface area contributed by atoms with Crippen molar-refractivity contribution in [3.8, 4) is 6.19 Å². The molecule has 0 spiro atoms. The van der Waals surface area contributed by atoms with Gasteiger partial charge in [0.2, 0.25) is 0 Å². The second-order valence-corrected chi connectivity index (χ2v) is 4.18. The summed E-state index contributed by atoms with van der Waals surface area (Å²) in [6, 6.07) is 0. The molecule has 0 aromatic rings. The van der Waals surface area contributed by atoms with Crippen LogP contribution in [0.5, 0.6) is 0 Å². The summed E-state index contributed by atoms with van der Waals surface area (Å²) in [5.41, 5.74) is 0. The summed E-state index contributed by atoms with van der Waals surface area (Å²) in [6.07, 6.45) is 2.97. The van der Waals surface area contributed by atoms with E-state index in [0.717, 1.165) is 26.1 Å². The monoisotopic (exact) mass is 255 g/mol. The third-order valence-corrected chi connectivity index (χ3v) is 2.70. The van der Waals surface area contributed by atoms with Crippen LogP contribution in [0.2, 0.25) is 0 Å². The highest BCUT2D eigenvalue weighted by molar-refractivity contribution is 4.86. The van der Waals surface area contributed by atoms with Crippen LogP contribution in [0.1, 0.15) is 27.2 Å². The van der Waals surface area contributed by atoms with Gasteiger partial charge >= 0.3 is 0 Å². The van der Waals surface area contributed by atoms with Gasteiger partial charge in [-0.3, -0.25) is 31.5 Å². The van der Waals surface area contributed by atoms with E-state index < -0.39 is 0 Å². The second kappa shape index (κ2) is 8.24. The van der Waals surface area contributed by atoms with Crippen LogP contribution in [0.25, 0.3) is 0 Å². The van der Waals surface area contributed by atoms with Gasteiger partial charge in [0.05, 0.1) is 0 Å². The van der Waals surface area contributed by atoms with Gasteiger partial charge in [-0.2, -0.15) is 5.26 Å². The lowest BCUT2D eigenvalue weighted by Gasteiger charge is -2.42. The Kier molecular flexibility index (Phi) is 6.93. The molecule has 7 heteroatoms. The van der Waals surface area contributed by atoms with Gasteiger partial charge in [0.25, 0.3) is 0 Å². The summed E-state index contributed by atoms with van der Waals surface area (Å²) in [5, 5.41) is 25.7. The molecule has 18 heavy (non-hydrogen) atoms. The van der Waals surface area contributed by atoms with E-state index in [0.29, 0.717) is 0 Å². The topological polar surface area (TPSA) is 87.2 Å².